The Labute approximate surface area is 116 Å². The largest absolute Gasteiger partial charge is 0.469 e. The fraction of sp³-hybridized carbons (Fsp3) is 0.600. The van der Waals surface area contributed by atoms with E-state index in [4.69, 9.17) is 12.6 Å². The van der Waals surface area contributed by atoms with Crippen molar-refractivity contribution in [2.75, 3.05) is 7.11 Å². The van der Waals surface area contributed by atoms with Crippen LogP contribution in [0.15, 0.2) is 18.2 Å². The molecular weight excluding hydrogens is 237 g/mol. The molecule has 1 aliphatic rings. The molecule has 1 aliphatic carbocycles. The molecule has 4 heteroatoms. The van der Waals surface area contributed by atoms with Crippen LogP contribution in [-0.4, -0.2) is 25.9 Å². The SMILES string of the molecule is [B]c1cccc(CC(C)C2CCC(C(=O)OC)C2)n1. The number of pyridine rings is 1. The van der Waals surface area contributed by atoms with Gasteiger partial charge in [-0.15, -0.1) is 0 Å². The van der Waals surface area contributed by atoms with Crippen molar-refractivity contribution < 1.29 is 9.53 Å². The molecule has 1 aromatic rings. The van der Waals surface area contributed by atoms with E-state index in [9.17, 15) is 4.79 Å². The number of ether oxygens (including phenoxy) is 1. The molecule has 3 unspecified atom stereocenters. The Balaban J connectivity index is 1.91. The third kappa shape index (κ3) is 3.58. The van der Waals surface area contributed by atoms with Gasteiger partial charge in [0.25, 0.3) is 0 Å². The maximum absolute atomic E-state index is 11.5. The van der Waals surface area contributed by atoms with E-state index in [2.05, 4.69) is 11.9 Å². The number of hydrogen-bond acceptors (Lipinski definition) is 3. The summed E-state index contributed by atoms with van der Waals surface area (Å²) in [6.07, 6.45) is 3.91. The highest BCUT2D eigenvalue weighted by Gasteiger charge is 2.33. The Morgan fingerprint density at radius 3 is 3.00 bits per heavy atom. The summed E-state index contributed by atoms with van der Waals surface area (Å²) in [6.45, 7) is 2.23. The van der Waals surface area contributed by atoms with E-state index in [-0.39, 0.29) is 11.9 Å². The summed E-state index contributed by atoms with van der Waals surface area (Å²) in [4.78, 5) is 15.9. The molecule has 0 N–H and O–H groups in total. The zero-order valence-corrected chi connectivity index (χ0v) is 11.6. The molecule has 3 nitrogen and oxygen atoms in total. The van der Waals surface area contributed by atoms with Gasteiger partial charge in [0.15, 0.2) is 0 Å². The van der Waals surface area contributed by atoms with Gasteiger partial charge in [0.05, 0.1) is 13.0 Å². The van der Waals surface area contributed by atoms with Crippen molar-refractivity contribution in [2.24, 2.45) is 17.8 Å². The second kappa shape index (κ2) is 6.22. The number of nitrogens with zero attached hydrogens (tertiary/aromatic N) is 1. The van der Waals surface area contributed by atoms with Crippen LogP contribution < -0.4 is 5.59 Å². The lowest BCUT2D eigenvalue weighted by Gasteiger charge is -2.19. The minimum absolute atomic E-state index is 0.0585. The Morgan fingerprint density at radius 1 is 1.53 bits per heavy atom. The number of aromatic nitrogens is 1. The van der Waals surface area contributed by atoms with Crippen LogP contribution >= 0.6 is 0 Å². The number of methoxy groups -OCH3 is 1. The van der Waals surface area contributed by atoms with Gasteiger partial charge in [-0.05, 0) is 49.2 Å². The zero-order chi connectivity index (χ0) is 13.8. The lowest BCUT2D eigenvalue weighted by atomic mass is 9.87. The van der Waals surface area contributed by atoms with Crippen molar-refractivity contribution in [3.8, 4) is 0 Å². The Kier molecular flexibility index (Phi) is 4.62. The number of esters is 1. The highest BCUT2D eigenvalue weighted by atomic mass is 16.5. The van der Waals surface area contributed by atoms with Crippen LogP contribution in [0, 0.1) is 17.8 Å². The van der Waals surface area contributed by atoms with Crippen LogP contribution in [0.25, 0.3) is 0 Å². The molecule has 100 valence electrons. The van der Waals surface area contributed by atoms with Crippen LogP contribution in [0.3, 0.4) is 0 Å². The minimum Gasteiger partial charge on any atom is -0.469 e. The predicted octanol–water partition coefficient (Wildman–Crippen LogP) is 1.64. The molecule has 3 atom stereocenters. The molecule has 2 rings (SSSR count). The quantitative estimate of drug-likeness (QED) is 0.608. The highest BCUT2D eigenvalue weighted by molar-refractivity contribution is 6.30. The average molecular weight is 257 g/mol. The van der Waals surface area contributed by atoms with Crippen molar-refractivity contribution in [2.45, 2.75) is 32.6 Å². The van der Waals surface area contributed by atoms with Crippen molar-refractivity contribution >= 4 is 19.4 Å². The molecule has 0 aliphatic heterocycles. The fourth-order valence-electron chi connectivity index (χ4n) is 3.02. The van der Waals surface area contributed by atoms with Gasteiger partial charge >= 0.3 is 5.97 Å². The van der Waals surface area contributed by atoms with Gasteiger partial charge in [-0.1, -0.05) is 19.1 Å². The molecule has 19 heavy (non-hydrogen) atoms. The predicted molar refractivity (Wildman–Crippen MR) is 75.3 cm³/mol. The van der Waals surface area contributed by atoms with E-state index in [1.807, 2.05) is 12.1 Å². The van der Waals surface area contributed by atoms with E-state index < -0.39 is 0 Å². The summed E-state index contributed by atoms with van der Waals surface area (Å²) in [5.74, 6) is 1.12. The summed E-state index contributed by atoms with van der Waals surface area (Å²) >= 11 is 0. The van der Waals surface area contributed by atoms with Crippen LogP contribution in [0.2, 0.25) is 0 Å². The van der Waals surface area contributed by atoms with E-state index in [1.54, 1.807) is 6.07 Å². The normalized spacial score (nSPS) is 24.1. The zero-order valence-electron chi connectivity index (χ0n) is 11.6. The van der Waals surface area contributed by atoms with Crippen molar-refractivity contribution in [3.63, 3.8) is 0 Å². The van der Waals surface area contributed by atoms with Crippen LogP contribution in [0.4, 0.5) is 0 Å². The van der Waals surface area contributed by atoms with Gasteiger partial charge in [-0.2, -0.15) is 0 Å². The van der Waals surface area contributed by atoms with Gasteiger partial charge < -0.3 is 4.74 Å². The fourth-order valence-corrected chi connectivity index (χ4v) is 3.02. The molecule has 1 saturated carbocycles. The maximum atomic E-state index is 11.5. The number of rotatable bonds is 4. The molecule has 1 aromatic heterocycles. The second-order valence-electron chi connectivity index (χ2n) is 5.53. The first kappa shape index (κ1) is 14.1. The average Bonchev–Trinajstić information content (AvgIpc) is 2.87. The summed E-state index contributed by atoms with van der Waals surface area (Å²) in [6, 6.07) is 5.76. The van der Waals surface area contributed by atoms with E-state index >= 15 is 0 Å². The lowest BCUT2D eigenvalue weighted by Crippen LogP contribution is -2.17. The molecule has 2 radical (unpaired) electrons. The van der Waals surface area contributed by atoms with Gasteiger partial charge in [0.2, 0.25) is 0 Å². The Morgan fingerprint density at radius 2 is 2.32 bits per heavy atom. The summed E-state index contributed by atoms with van der Waals surface area (Å²) in [5, 5.41) is 0. The van der Waals surface area contributed by atoms with E-state index in [0.29, 0.717) is 17.4 Å². The second-order valence-corrected chi connectivity index (χ2v) is 5.53. The topological polar surface area (TPSA) is 39.2 Å². The molecule has 1 heterocycles. The van der Waals surface area contributed by atoms with E-state index in [0.717, 1.165) is 31.4 Å². The van der Waals surface area contributed by atoms with E-state index in [1.165, 1.54) is 7.11 Å². The summed E-state index contributed by atoms with van der Waals surface area (Å²) in [7, 11) is 7.16. The standard InChI is InChI=1S/C15H20BNO2/c1-10(8-13-4-3-5-14(16)17-13)11-6-7-12(9-11)15(18)19-2/h3-5,10-12H,6-9H2,1-2H3. The number of carbonyl (C=O) groups excluding carboxylic acids is 1. The number of hydrogen-bond donors (Lipinski definition) is 0. The van der Waals surface area contributed by atoms with Gasteiger partial charge in [0.1, 0.15) is 7.85 Å². The third-order valence-electron chi connectivity index (χ3n) is 4.17. The molecule has 0 saturated heterocycles. The van der Waals surface area contributed by atoms with Crippen LogP contribution in [0.5, 0.6) is 0 Å². The van der Waals surface area contributed by atoms with Crippen LogP contribution in [0.1, 0.15) is 31.9 Å². The Bertz CT molecular complexity index is 450. The lowest BCUT2D eigenvalue weighted by molar-refractivity contribution is -0.145. The van der Waals surface area contributed by atoms with Crippen molar-refractivity contribution in [1.82, 2.24) is 4.98 Å². The maximum Gasteiger partial charge on any atom is 0.308 e. The van der Waals surface area contributed by atoms with Gasteiger partial charge in [-0.3, -0.25) is 9.78 Å². The summed E-state index contributed by atoms with van der Waals surface area (Å²) < 4.78 is 4.83. The minimum atomic E-state index is -0.0585. The van der Waals surface area contributed by atoms with Gasteiger partial charge in [0, 0.05) is 5.69 Å². The monoisotopic (exact) mass is 257 g/mol. The van der Waals surface area contributed by atoms with Crippen LogP contribution in [-0.2, 0) is 16.0 Å². The molecule has 0 bridgehead atoms. The first-order valence-electron chi connectivity index (χ1n) is 6.89. The molecule has 0 aromatic carbocycles. The first-order chi connectivity index (χ1) is 9.10. The summed E-state index contributed by atoms with van der Waals surface area (Å²) in [5.41, 5.74) is 1.61. The highest BCUT2D eigenvalue weighted by Crippen LogP contribution is 2.37. The molecule has 1 fully saturated rings. The number of carbonyl (C=O) groups is 1. The Hall–Kier alpha value is -1.32. The van der Waals surface area contributed by atoms with Gasteiger partial charge in [-0.25, -0.2) is 0 Å². The molecule has 0 spiro atoms. The molecule has 0 amide bonds. The van der Waals surface area contributed by atoms with Crippen molar-refractivity contribution in [1.29, 1.82) is 0 Å². The third-order valence-corrected chi connectivity index (χ3v) is 4.17. The smallest absolute Gasteiger partial charge is 0.308 e. The molecular formula is C15H20BNO2. The first-order valence-corrected chi connectivity index (χ1v) is 6.89. The van der Waals surface area contributed by atoms with Crippen molar-refractivity contribution in [3.05, 3.63) is 23.9 Å².